The second-order valence-electron chi connectivity index (χ2n) is 6.10. The first-order chi connectivity index (χ1) is 10.0. The summed E-state index contributed by atoms with van der Waals surface area (Å²) < 4.78 is 29.2. The minimum atomic E-state index is -3.52. The van der Waals surface area contributed by atoms with Crippen molar-refractivity contribution in [3.05, 3.63) is 6.20 Å². The van der Waals surface area contributed by atoms with Crippen molar-refractivity contribution in [1.82, 2.24) is 14.1 Å². The van der Waals surface area contributed by atoms with E-state index in [1.807, 2.05) is 6.92 Å². The fraction of sp³-hybridized carbons (Fsp3) is 0.786. The molecule has 3 rings (SSSR count). The lowest BCUT2D eigenvalue weighted by atomic mass is 9.97. The van der Waals surface area contributed by atoms with Crippen LogP contribution >= 0.6 is 0 Å². The average Bonchev–Trinajstić information content (AvgIpc) is 3.18. The summed E-state index contributed by atoms with van der Waals surface area (Å²) in [6.45, 7) is 3.14. The highest BCUT2D eigenvalue weighted by atomic mass is 32.2. The second kappa shape index (κ2) is 5.61. The molecule has 21 heavy (non-hydrogen) atoms. The van der Waals surface area contributed by atoms with Gasteiger partial charge in [-0.3, -0.25) is 4.68 Å². The summed E-state index contributed by atoms with van der Waals surface area (Å²) in [7, 11) is -3.52. The zero-order chi connectivity index (χ0) is 15.0. The molecule has 0 bridgehead atoms. The third-order valence-corrected chi connectivity index (χ3v) is 6.80. The molecule has 1 aromatic rings. The quantitative estimate of drug-likeness (QED) is 0.919. The number of aryl methyl sites for hydroxylation is 1. The van der Waals surface area contributed by atoms with Crippen LogP contribution in [0.15, 0.2) is 11.1 Å². The predicted molar refractivity (Wildman–Crippen MR) is 81.2 cm³/mol. The van der Waals surface area contributed by atoms with Crippen molar-refractivity contribution >= 4 is 15.8 Å². The fourth-order valence-corrected chi connectivity index (χ4v) is 5.60. The van der Waals surface area contributed by atoms with Gasteiger partial charge in [-0.2, -0.15) is 9.40 Å². The highest BCUT2D eigenvalue weighted by Gasteiger charge is 2.41. The highest BCUT2D eigenvalue weighted by molar-refractivity contribution is 7.89. The number of aromatic nitrogens is 2. The molecular weight excluding hydrogens is 288 g/mol. The van der Waals surface area contributed by atoms with Gasteiger partial charge in [-0.1, -0.05) is 12.8 Å². The Morgan fingerprint density at radius 3 is 2.62 bits per heavy atom. The Morgan fingerprint density at radius 2 is 2.00 bits per heavy atom. The third-order valence-electron chi connectivity index (χ3n) is 4.86. The van der Waals surface area contributed by atoms with Crippen LogP contribution in [0.5, 0.6) is 0 Å². The zero-order valence-electron chi connectivity index (χ0n) is 12.5. The molecule has 0 spiro atoms. The summed E-state index contributed by atoms with van der Waals surface area (Å²) in [5.41, 5.74) is 5.83. The van der Waals surface area contributed by atoms with E-state index in [-0.39, 0.29) is 16.8 Å². The van der Waals surface area contributed by atoms with Gasteiger partial charge in [0, 0.05) is 25.3 Å². The Labute approximate surface area is 126 Å². The van der Waals surface area contributed by atoms with Gasteiger partial charge in [-0.05, 0) is 38.5 Å². The fourth-order valence-electron chi connectivity index (χ4n) is 3.78. The predicted octanol–water partition coefficient (Wildman–Crippen LogP) is 1.83. The first-order valence-corrected chi connectivity index (χ1v) is 9.33. The highest BCUT2D eigenvalue weighted by Crippen LogP contribution is 2.38. The molecule has 1 saturated heterocycles. The smallest absolute Gasteiger partial charge is 0.248 e. The lowest BCUT2D eigenvalue weighted by Gasteiger charge is -2.28. The van der Waals surface area contributed by atoms with Crippen molar-refractivity contribution in [2.45, 2.75) is 62.9 Å². The van der Waals surface area contributed by atoms with Gasteiger partial charge >= 0.3 is 0 Å². The molecule has 2 fully saturated rings. The van der Waals surface area contributed by atoms with Crippen LogP contribution in [-0.2, 0) is 16.6 Å². The number of rotatable bonds is 4. The van der Waals surface area contributed by atoms with E-state index in [1.54, 1.807) is 15.2 Å². The summed E-state index contributed by atoms with van der Waals surface area (Å²) >= 11 is 0. The normalized spacial score (nSPS) is 24.9. The molecule has 1 aliphatic carbocycles. The standard InChI is InChI=1S/C14H24N4O2S/c1-2-17-10-13(14(15)16-17)21(19,20)18-9-5-8-12(18)11-6-3-4-7-11/h10-12H,2-9H2,1H3,(H2,15,16). The molecule has 0 amide bonds. The molecule has 1 aromatic heterocycles. The van der Waals surface area contributed by atoms with E-state index in [4.69, 9.17) is 5.73 Å². The van der Waals surface area contributed by atoms with Crippen LogP contribution in [0, 0.1) is 5.92 Å². The minimum Gasteiger partial charge on any atom is -0.381 e. The minimum absolute atomic E-state index is 0.119. The Bertz CT molecular complexity index is 604. The van der Waals surface area contributed by atoms with E-state index in [0.29, 0.717) is 19.0 Å². The SMILES string of the molecule is CCn1cc(S(=O)(=O)N2CCCC2C2CCCC2)c(N)n1. The van der Waals surface area contributed by atoms with E-state index in [0.717, 1.165) is 25.7 Å². The number of anilines is 1. The van der Waals surface area contributed by atoms with E-state index in [9.17, 15) is 8.42 Å². The number of sulfonamides is 1. The average molecular weight is 312 g/mol. The van der Waals surface area contributed by atoms with Crippen LogP contribution in [0.4, 0.5) is 5.82 Å². The van der Waals surface area contributed by atoms with Crippen molar-refractivity contribution in [2.24, 2.45) is 5.92 Å². The summed E-state index contributed by atoms with van der Waals surface area (Å²) in [5.74, 6) is 0.638. The van der Waals surface area contributed by atoms with Gasteiger partial charge in [0.15, 0.2) is 5.82 Å². The van der Waals surface area contributed by atoms with Crippen LogP contribution in [0.3, 0.4) is 0 Å². The largest absolute Gasteiger partial charge is 0.381 e. The molecule has 1 atom stereocenters. The van der Waals surface area contributed by atoms with Crippen LogP contribution in [0.1, 0.15) is 45.4 Å². The molecule has 1 aliphatic heterocycles. The molecule has 7 heteroatoms. The molecule has 118 valence electrons. The van der Waals surface area contributed by atoms with Gasteiger partial charge in [-0.15, -0.1) is 0 Å². The van der Waals surface area contributed by atoms with E-state index in [2.05, 4.69) is 5.10 Å². The van der Waals surface area contributed by atoms with Crippen molar-refractivity contribution in [3.63, 3.8) is 0 Å². The topological polar surface area (TPSA) is 81.2 Å². The molecular formula is C14H24N4O2S. The van der Waals surface area contributed by atoms with Gasteiger partial charge in [0.2, 0.25) is 10.0 Å². The maximum atomic E-state index is 12.9. The number of hydrogen-bond donors (Lipinski definition) is 1. The van der Waals surface area contributed by atoms with Crippen LogP contribution in [0.2, 0.25) is 0 Å². The summed E-state index contributed by atoms with van der Waals surface area (Å²) in [4.78, 5) is 0.175. The van der Waals surface area contributed by atoms with E-state index >= 15 is 0 Å². The van der Waals surface area contributed by atoms with Gasteiger partial charge < -0.3 is 5.73 Å². The number of nitrogen functional groups attached to an aromatic ring is 1. The number of nitrogens with two attached hydrogens (primary N) is 1. The molecule has 2 aliphatic rings. The molecule has 2 heterocycles. The molecule has 0 aromatic carbocycles. The van der Waals surface area contributed by atoms with Gasteiger partial charge in [0.1, 0.15) is 4.90 Å². The van der Waals surface area contributed by atoms with Gasteiger partial charge in [-0.25, -0.2) is 8.42 Å². The first kappa shape index (κ1) is 14.8. The van der Waals surface area contributed by atoms with Crippen LogP contribution < -0.4 is 5.73 Å². The number of nitrogens with zero attached hydrogens (tertiary/aromatic N) is 3. The Morgan fingerprint density at radius 1 is 1.29 bits per heavy atom. The summed E-state index contributed by atoms with van der Waals surface area (Å²) in [5, 5.41) is 4.08. The van der Waals surface area contributed by atoms with E-state index in [1.165, 1.54) is 12.8 Å². The van der Waals surface area contributed by atoms with Crippen LogP contribution in [-0.4, -0.2) is 35.1 Å². The summed E-state index contributed by atoms with van der Waals surface area (Å²) in [6, 6.07) is 0.155. The van der Waals surface area contributed by atoms with Crippen molar-refractivity contribution < 1.29 is 8.42 Å². The second-order valence-corrected chi connectivity index (χ2v) is 7.96. The monoisotopic (exact) mass is 312 g/mol. The maximum absolute atomic E-state index is 12.9. The third kappa shape index (κ3) is 2.57. The molecule has 2 N–H and O–H groups in total. The van der Waals surface area contributed by atoms with Crippen molar-refractivity contribution in [1.29, 1.82) is 0 Å². The molecule has 6 nitrogen and oxygen atoms in total. The van der Waals surface area contributed by atoms with Crippen LogP contribution in [0.25, 0.3) is 0 Å². The lowest BCUT2D eigenvalue weighted by molar-refractivity contribution is 0.288. The zero-order valence-corrected chi connectivity index (χ0v) is 13.3. The Balaban J connectivity index is 1.90. The van der Waals surface area contributed by atoms with Crippen molar-refractivity contribution in [2.75, 3.05) is 12.3 Å². The number of hydrogen-bond acceptors (Lipinski definition) is 4. The maximum Gasteiger partial charge on any atom is 0.248 e. The first-order valence-electron chi connectivity index (χ1n) is 7.89. The van der Waals surface area contributed by atoms with Gasteiger partial charge in [0.05, 0.1) is 0 Å². The van der Waals surface area contributed by atoms with E-state index < -0.39 is 10.0 Å². The van der Waals surface area contributed by atoms with Crippen molar-refractivity contribution in [3.8, 4) is 0 Å². The lowest BCUT2D eigenvalue weighted by Crippen LogP contribution is -2.39. The molecule has 0 radical (unpaired) electrons. The Kier molecular flexibility index (Phi) is 3.96. The molecule has 1 unspecified atom stereocenters. The Hall–Kier alpha value is -1.08. The molecule has 1 saturated carbocycles. The van der Waals surface area contributed by atoms with Gasteiger partial charge in [0.25, 0.3) is 0 Å². The summed E-state index contributed by atoms with van der Waals surface area (Å²) in [6.07, 6.45) is 8.25.